The van der Waals surface area contributed by atoms with Crippen LogP contribution in [0.15, 0.2) is 10.9 Å². The van der Waals surface area contributed by atoms with Crippen molar-refractivity contribution >= 4 is 17.3 Å². The Balaban J connectivity index is 2.79. The van der Waals surface area contributed by atoms with Gasteiger partial charge in [-0.1, -0.05) is 0 Å². The smallest absolute Gasteiger partial charge is 0.327 e. The number of nitrogens with zero attached hydrogens (tertiary/aromatic N) is 1. The summed E-state index contributed by atoms with van der Waals surface area (Å²) < 4.78 is 0. The summed E-state index contributed by atoms with van der Waals surface area (Å²) in [6, 6.07) is -0.679. The molecule has 5 heteroatoms. The lowest BCUT2D eigenvalue weighted by Crippen LogP contribution is -2.25. The van der Waals surface area contributed by atoms with Crippen LogP contribution in [-0.4, -0.2) is 23.1 Å². The zero-order valence-electron chi connectivity index (χ0n) is 5.94. The molecule has 0 saturated carbocycles. The second-order valence-electron chi connectivity index (χ2n) is 1.97. The fraction of sp³-hybridized carbons (Fsp3) is 0.333. The van der Waals surface area contributed by atoms with Crippen LogP contribution in [0.25, 0.3) is 0 Å². The number of carbonyl (C=O) groups is 1. The van der Waals surface area contributed by atoms with Gasteiger partial charge >= 0.3 is 5.97 Å². The van der Waals surface area contributed by atoms with Crippen molar-refractivity contribution in [3.05, 3.63) is 16.6 Å². The van der Waals surface area contributed by atoms with Gasteiger partial charge in [0, 0.05) is 5.38 Å². The number of carboxylic acid groups (broad SMARTS) is 1. The standard InChI is InChI=1S/C6H8N2O2S/c1-7-5(6(9)10)4-2-11-3-8-4/h2-3,5,7H,1H3,(H,9,10). The van der Waals surface area contributed by atoms with Crippen molar-refractivity contribution in [3.63, 3.8) is 0 Å². The second-order valence-corrected chi connectivity index (χ2v) is 2.69. The zero-order valence-corrected chi connectivity index (χ0v) is 6.76. The van der Waals surface area contributed by atoms with Crippen LogP contribution >= 0.6 is 11.3 Å². The summed E-state index contributed by atoms with van der Waals surface area (Å²) >= 11 is 1.39. The first-order valence-electron chi connectivity index (χ1n) is 3.04. The Labute approximate surface area is 67.9 Å². The van der Waals surface area contributed by atoms with Crippen LogP contribution in [0, 0.1) is 0 Å². The Morgan fingerprint density at radius 1 is 1.91 bits per heavy atom. The van der Waals surface area contributed by atoms with E-state index in [2.05, 4.69) is 10.3 Å². The van der Waals surface area contributed by atoms with E-state index in [1.165, 1.54) is 11.3 Å². The van der Waals surface area contributed by atoms with Gasteiger partial charge in [0.2, 0.25) is 0 Å². The molecule has 2 N–H and O–H groups in total. The number of rotatable bonds is 3. The number of aliphatic carboxylic acids is 1. The van der Waals surface area contributed by atoms with Gasteiger partial charge in [-0.15, -0.1) is 11.3 Å². The molecular weight excluding hydrogens is 164 g/mol. The van der Waals surface area contributed by atoms with Gasteiger partial charge in [-0.3, -0.25) is 4.79 Å². The van der Waals surface area contributed by atoms with Gasteiger partial charge in [0.25, 0.3) is 0 Å². The highest BCUT2D eigenvalue weighted by Gasteiger charge is 2.18. The van der Waals surface area contributed by atoms with Crippen LogP contribution in [0.5, 0.6) is 0 Å². The molecule has 0 aliphatic heterocycles. The number of thiazole rings is 1. The van der Waals surface area contributed by atoms with Crippen LogP contribution in [0.2, 0.25) is 0 Å². The van der Waals surface area contributed by atoms with E-state index in [0.29, 0.717) is 5.69 Å². The summed E-state index contributed by atoms with van der Waals surface area (Å²) in [4.78, 5) is 14.4. The molecule has 60 valence electrons. The maximum atomic E-state index is 10.5. The Hall–Kier alpha value is -0.940. The third kappa shape index (κ3) is 1.75. The summed E-state index contributed by atoms with van der Waals surface area (Å²) in [5.74, 6) is -0.904. The molecule has 4 nitrogen and oxygen atoms in total. The monoisotopic (exact) mass is 172 g/mol. The molecule has 0 spiro atoms. The molecule has 1 atom stereocenters. The van der Waals surface area contributed by atoms with Crippen LogP contribution in [0.3, 0.4) is 0 Å². The van der Waals surface area contributed by atoms with Crippen molar-refractivity contribution in [2.45, 2.75) is 6.04 Å². The van der Waals surface area contributed by atoms with Crippen molar-refractivity contribution in [3.8, 4) is 0 Å². The third-order valence-electron chi connectivity index (χ3n) is 1.28. The van der Waals surface area contributed by atoms with Gasteiger partial charge in [0.05, 0.1) is 11.2 Å². The number of hydrogen-bond acceptors (Lipinski definition) is 4. The van der Waals surface area contributed by atoms with Crippen LogP contribution in [0.1, 0.15) is 11.7 Å². The van der Waals surface area contributed by atoms with Gasteiger partial charge in [-0.2, -0.15) is 0 Å². The zero-order chi connectivity index (χ0) is 8.27. The Kier molecular flexibility index (Phi) is 2.56. The summed E-state index contributed by atoms with van der Waals surface area (Å²) in [6.45, 7) is 0. The molecule has 1 aromatic heterocycles. The molecule has 0 aliphatic carbocycles. The van der Waals surface area contributed by atoms with Crippen LogP contribution < -0.4 is 5.32 Å². The lowest BCUT2D eigenvalue weighted by atomic mass is 10.2. The average molecular weight is 172 g/mol. The molecule has 0 bridgehead atoms. The highest BCUT2D eigenvalue weighted by Crippen LogP contribution is 2.11. The van der Waals surface area contributed by atoms with Crippen molar-refractivity contribution in [1.82, 2.24) is 10.3 Å². The van der Waals surface area contributed by atoms with Crippen molar-refractivity contribution < 1.29 is 9.90 Å². The van der Waals surface area contributed by atoms with E-state index in [1.54, 1.807) is 17.9 Å². The molecule has 1 rings (SSSR count). The van der Waals surface area contributed by atoms with Crippen molar-refractivity contribution in [1.29, 1.82) is 0 Å². The quantitative estimate of drug-likeness (QED) is 0.696. The molecule has 0 saturated heterocycles. The number of likely N-dealkylation sites (N-methyl/N-ethyl adjacent to an activating group) is 1. The van der Waals surface area contributed by atoms with E-state index in [1.807, 2.05) is 0 Å². The van der Waals surface area contributed by atoms with Gasteiger partial charge in [0.15, 0.2) is 0 Å². The Morgan fingerprint density at radius 2 is 2.64 bits per heavy atom. The first-order valence-corrected chi connectivity index (χ1v) is 3.98. The molecule has 0 aliphatic rings. The third-order valence-corrected chi connectivity index (χ3v) is 1.89. The summed E-state index contributed by atoms with van der Waals surface area (Å²) in [5.41, 5.74) is 2.17. The predicted molar refractivity (Wildman–Crippen MR) is 41.6 cm³/mol. The van der Waals surface area contributed by atoms with Gasteiger partial charge < -0.3 is 10.4 Å². The van der Waals surface area contributed by atoms with E-state index >= 15 is 0 Å². The maximum Gasteiger partial charge on any atom is 0.327 e. The Bertz CT molecular complexity index is 235. The number of nitrogens with one attached hydrogen (secondary N) is 1. The van der Waals surface area contributed by atoms with Gasteiger partial charge in [-0.05, 0) is 7.05 Å². The minimum Gasteiger partial charge on any atom is -0.480 e. The second kappa shape index (κ2) is 3.45. The largest absolute Gasteiger partial charge is 0.480 e. The van der Waals surface area contributed by atoms with E-state index in [9.17, 15) is 4.79 Å². The van der Waals surface area contributed by atoms with Gasteiger partial charge in [0.1, 0.15) is 6.04 Å². The lowest BCUT2D eigenvalue weighted by molar-refractivity contribution is -0.139. The molecule has 0 amide bonds. The topological polar surface area (TPSA) is 62.2 Å². The van der Waals surface area contributed by atoms with E-state index < -0.39 is 12.0 Å². The molecule has 1 unspecified atom stereocenters. The van der Waals surface area contributed by atoms with E-state index in [4.69, 9.17) is 5.11 Å². The van der Waals surface area contributed by atoms with Gasteiger partial charge in [-0.25, -0.2) is 4.98 Å². The normalized spacial score (nSPS) is 12.8. The van der Waals surface area contributed by atoms with E-state index in [-0.39, 0.29) is 0 Å². The fourth-order valence-corrected chi connectivity index (χ4v) is 1.34. The van der Waals surface area contributed by atoms with Crippen molar-refractivity contribution in [2.75, 3.05) is 7.05 Å². The number of hydrogen-bond donors (Lipinski definition) is 2. The average Bonchev–Trinajstić information content (AvgIpc) is 2.40. The Morgan fingerprint density at radius 3 is 3.00 bits per heavy atom. The maximum absolute atomic E-state index is 10.5. The van der Waals surface area contributed by atoms with Crippen LogP contribution in [0.4, 0.5) is 0 Å². The molecule has 0 aromatic carbocycles. The minimum absolute atomic E-state index is 0.560. The molecule has 1 heterocycles. The molecule has 0 fully saturated rings. The molecule has 0 radical (unpaired) electrons. The predicted octanol–water partition coefficient (Wildman–Crippen LogP) is 0.488. The first-order chi connectivity index (χ1) is 5.25. The van der Waals surface area contributed by atoms with Crippen LogP contribution in [-0.2, 0) is 4.79 Å². The molecular formula is C6H8N2O2S. The summed E-state index contributed by atoms with van der Waals surface area (Å²) in [5, 5.41) is 13.0. The minimum atomic E-state index is -0.904. The number of carboxylic acids is 1. The molecule has 11 heavy (non-hydrogen) atoms. The highest BCUT2D eigenvalue weighted by molar-refractivity contribution is 7.07. The molecule has 1 aromatic rings. The fourth-order valence-electron chi connectivity index (χ4n) is 0.762. The first kappa shape index (κ1) is 8.16. The number of aromatic nitrogens is 1. The highest BCUT2D eigenvalue weighted by atomic mass is 32.1. The van der Waals surface area contributed by atoms with E-state index in [0.717, 1.165) is 0 Å². The summed E-state index contributed by atoms with van der Waals surface area (Å²) in [7, 11) is 1.60. The summed E-state index contributed by atoms with van der Waals surface area (Å²) in [6.07, 6.45) is 0. The SMILES string of the molecule is CNC(C(=O)O)c1cscn1. The van der Waals surface area contributed by atoms with Crippen molar-refractivity contribution in [2.24, 2.45) is 0 Å². The lowest BCUT2D eigenvalue weighted by Gasteiger charge is -2.06.